The van der Waals surface area contributed by atoms with Crippen LogP contribution in [0.5, 0.6) is 0 Å². The number of aliphatic hydroxyl groups excluding tert-OH is 2. The average molecular weight is 118 g/mol. The summed E-state index contributed by atoms with van der Waals surface area (Å²) < 4.78 is 0. The van der Waals surface area contributed by atoms with Gasteiger partial charge in [0.25, 0.3) is 0 Å². The standard InChI is InChI=1S/C6H14O2/c1-2-3-6(8)4-5-7/h6-8H,2-5H2,1H3/t6-/m1/s1. The molecule has 0 aliphatic rings. The van der Waals surface area contributed by atoms with E-state index in [1.807, 2.05) is 6.92 Å². The lowest BCUT2D eigenvalue weighted by molar-refractivity contribution is 0.124. The van der Waals surface area contributed by atoms with E-state index in [4.69, 9.17) is 10.2 Å². The van der Waals surface area contributed by atoms with Crippen LogP contribution in [0.2, 0.25) is 0 Å². The molecule has 0 heterocycles. The summed E-state index contributed by atoms with van der Waals surface area (Å²) in [5.74, 6) is 0. The molecule has 50 valence electrons. The summed E-state index contributed by atoms with van der Waals surface area (Å²) in [7, 11) is 0. The van der Waals surface area contributed by atoms with Crippen LogP contribution in [0.3, 0.4) is 0 Å². The third kappa shape index (κ3) is 4.09. The minimum Gasteiger partial charge on any atom is -0.396 e. The molecule has 0 saturated heterocycles. The van der Waals surface area contributed by atoms with Crippen LogP contribution in [-0.4, -0.2) is 22.9 Å². The van der Waals surface area contributed by atoms with Gasteiger partial charge in [0.1, 0.15) is 0 Å². The van der Waals surface area contributed by atoms with Gasteiger partial charge in [-0.05, 0) is 12.8 Å². The van der Waals surface area contributed by atoms with Crippen LogP contribution in [0.15, 0.2) is 0 Å². The maximum atomic E-state index is 8.89. The zero-order chi connectivity index (χ0) is 6.41. The van der Waals surface area contributed by atoms with Crippen LogP contribution < -0.4 is 0 Å². The average Bonchev–Trinajstić information content (AvgIpc) is 1.68. The SMILES string of the molecule is CCC[C@@H](O)CCO. The zero-order valence-corrected chi connectivity index (χ0v) is 5.30. The molecule has 0 unspecified atom stereocenters. The Morgan fingerprint density at radius 1 is 1.38 bits per heavy atom. The number of aliphatic hydroxyl groups is 2. The monoisotopic (exact) mass is 118 g/mol. The number of rotatable bonds is 4. The fourth-order valence-corrected chi connectivity index (χ4v) is 0.627. The lowest BCUT2D eigenvalue weighted by Crippen LogP contribution is -2.07. The summed E-state index contributed by atoms with van der Waals surface area (Å²) in [5, 5.41) is 17.2. The molecule has 0 radical (unpaired) electrons. The van der Waals surface area contributed by atoms with Crippen molar-refractivity contribution in [1.82, 2.24) is 0 Å². The molecule has 0 aliphatic carbocycles. The van der Waals surface area contributed by atoms with E-state index in [1.54, 1.807) is 0 Å². The highest BCUT2D eigenvalue weighted by Crippen LogP contribution is 1.98. The Morgan fingerprint density at radius 2 is 2.00 bits per heavy atom. The smallest absolute Gasteiger partial charge is 0.0562 e. The largest absolute Gasteiger partial charge is 0.396 e. The quantitative estimate of drug-likeness (QED) is 0.565. The highest BCUT2D eigenvalue weighted by molar-refractivity contribution is 4.51. The van der Waals surface area contributed by atoms with E-state index >= 15 is 0 Å². The molecule has 2 N–H and O–H groups in total. The van der Waals surface area contributed by atoms with Crippen molar-refractivity contribution in [3.63, 3.8) is 0 Å². The lowest BCUT2D eigenvalue weighted by Gasteiger charge is -2.04. The van der Waals surface area contributed by atoms with Crippen LogP contribution >= 0.6 is 0 Å². The molecule has 1 atom stereocenters. The molecular weight excluding hydrogens is 104 g/mol. The number of hydrogen-bond donors (Lipinski definition) is 2. The van der Waals surface area contributed by atoms with E-state index < -0.39 is 0 Å². The second-order valence-electron chi connectivity index (χ2n) is 1.95. The number of hydrogen-bond acceptors (Lipinski definition) is 2. The maximum Gasteiger partial charge on any atom is 0.0562 e. The first-order valence-corrected chi connectivity index (χ1v) is 3.10. The van der Waals surface area contributed by atoms with E-state index in [-0.39, 0.29) is 12.7 Å². The Hall–Kier alpha value is -0.0800. The first-order valence-electron chi connectivity index (χ1n) is 3.10. The van der Waals surface area contributed by atoms with Crippen LogP contribution in [-0.2, 0) is 0 Å². The molecule has 8 heavy (non-hydrogen) atoms. The van der Waals surface area contributed by atoms with Crippen molar-refractivity contribution in [2.75, 3.05) is 6.61 Å². The van der Waals surface area contributed by atoms with E-state index in [2.05, 4.69) is 0 Å². The molecule has 0 saturated carbocycles. The summed E-state index contributed by atoms with van der Waals surface area (Å²) in [6.07, 6.45) is 2.03. The molecule has 2 nitrogen and oxygen atoms in total. The van der Waals surface area contributed by atoms with Crippen LogP contribution in [0.4, 0.5) is 0 Å². The van der Waals surface area contributed by atoms with Gasteiger partial charge in [-0.3, -0.25) is 0 Å². The van der Waals surface area contributed by atoms with Crippen molar-refractivity contribution in [3.05, 3.63) is 0 Å². The maximum absolute atomic E-state index is 8.89. The van der Waals surface area contributed by atoms with Gasteiger partial charge >= 0.3 is 0 Å². The van der Waals surface area contributed by atoms with Gasteiger partial charge in [-0.2, -0.15) is 0 Å². The first-order chi connectivity index (χ1) is 3.81. The lowest BCUT2D eigenvalue weighted by atomic mass is 10.2. The van der Waals surface area contributed by atoms with Crippen molar-refractivity contribution in [3.8, 4) is 0 Å². The normalized spacial score (nSPS) is 13.9. The van der Waals surface area contributed by atoms with Crippen molar-refractivity contribution in [2.45, 2.75) is 32.3 Å². The van der Waals surface area contributed by atoms with Crippen molar-refractivity contribution in [1.29, 1.82) is 0 Å². The predicted molar refractivity (Wildman–Crippen MR) is 32.6 cm³/mol. The van der Waals surface area contributed by atoms with Gasteiger partial charge in [-0.15, -0.1) is 0 Å². The minimum atomic E-state index is -0.287. The van der Waals surface area contributed by atoms with Gasteiger partial charge in [0.15, 0.2) is 0 Å². The Labute approximate surface area is 50.2 Å². The molecule has 0 bridgehead atoms. The van der Waals surface area contributed by atoms with Gasteiger partial charge < -0.3 is 10.2 Å². The molecule has 0 amide bonds. The topological polar surface area (TPSA) is 40.5 Å². The van der Waals surface area contributed by atoms with Gasteiger partial charge in [-0.1, -0.05) is 13.3 Å². The molecule has 0 aliphatic heterocycles. The molecular formula is C6H14O2. The van der Waals surface area contributed by atoms with Gasteiger partial charge in [0.05, 0.1) is 6.10 Å². The fourth-order valence-electron chi connectivity index (χ4n) is 0.627. The van der Waals surface area contributed by atoms with Crippen molar-refractivity contribution < 1.29 is 10.2 Å². The second-order valence-corrected chi connectivity index (χ2v) is 1.95. The Morgan fingerprint density at radius 3 is 2.38 bits per heavy atom. The fraction of sp³-hybridized carbons (Fsp3) is 1.00. The summed E-state index contributed by atoms with van der Waals surface area (Å²) in [5.41, 5.74) is 0. The highest BCUT2D eigenvalue weighted by atomic mass is 16.3. The van der Waals surface area contributed by atoms with E-state index in [1.165, 1.54) is 0 Å². The van der Waals surface area contributed by atoms with Gasteiger partial charge in [0, 0.05) is 6.61 Å². The molecule has 0 fully saturated rings. The third-order valence-corrected chi connectivity index (χ3v) is 1.08. The Balaban J connectivity index is 2.92. The molecule has 0 rings (SSSR count). The summed E-state index contributed by atoms with van der Waals surface area (Å²) in [4.78, 5) is 0. The van der Waals surface area contributed by atoms with Crippen LogP contribution in [0.25, 0.3) is 0 Å². The summed E-state index contributed by atoms with van der Waals surface area (Å²) in [6, 6.07) is 0. The van der Waals surface area contributed by atoms with Crippen molar-refractivity contribution >= 4 is 0 Å². The highest BCUT2D eigenvalue weighted by Gasteiger charge is 1.98. The second kappa shape index (κ2) is 5.06. The van der Waals surface area contributed by atoms with E-state index in [9.17, 15) is 0 Å². The Bertz CT molecular complexity index is 39.8. The first kappa shape index (κ1) is 7.92. The van der Waals surface area contributed by atoms with E-state index in [0.717, 1.165) is 12.8 Å². The van der Waals surface area contributed by atoms with Crippen molar-refractivity contribution in [2.24, 2.45) is 0 Å². The molecule has 0 aromatic heterocycles. The summed E-state index contributed by atoms with van der Waals surface area (Å²) >= 11 is 0. The molecule has 0 aromatic carbocycles. The third-order valence-electron chi connectivity index (χ3n) is 1.08. The van der Waals surface area contributed by atoms with Gasteiger partial charge in [-0.25, -0.2) is 0 Å². The van der Waals surface area contributed by atoms with Crippen LogP contribution in [0.1, 0.15) is 26.2 Å². The van der Waals surface area contributed by atoms with E-state index in [0.29, 0.717) is 6.42 Å². The molecule has 2 heteroatoms. The Kier molecular flexibility index (Phi) is 5.01. The molecule has 0 aromatic rings. The van der Waals surface area contributed by atoms with Gasteiger partial charge in [0.2, 0.25) is 0 Å². The minimum absolute atomic E-state index is 0.0984. The predicted octanol–water partition coefficient (Wildman–Crippen LogP) is 0.530. The van der Waals surface area contributed by atoms with Crippen LogP contribution in [0, 0.1) is 0 Å². The zero-order valence-electron chi connectivity index (χ0n) is 5.30. The molecule has 0 spiro atoms. The summed E-state index contributed by atoms with van der Waals surface area (Å²) in [6.45, 7) is 2.11.